The summed E-state index contributed by atoms with van der Waals surface area (Å²) in [6, 6.07) is 8.10. The van der Waals surface area contributed by atoms with Gasteiger partial charge in [-0.05, 0) is 37.1 Å². The summed E-state index contributed by atoms with van der Waals surface area (Å²) in [5, 5.41) is 2.94. The van der Waals surface area contributed by atoms with Crippen molar-refractivity contribution in [2.24, 2.45) is 5.92 Å². The highest BCUT2D eigenvalue weighted by molar-refractivity contribution is 5.79. The van der Waals surface area contributed by atoms with E-state index in [1.54, 1.807) is 6.20 Å². The third-order valence-corrected chi connectivity index (χ3v) is 4.67. The molecule has 1 aliphatic heterocycles. The van der Waals surface area contributed by atoms with Gasteiger partial charge in [0.15, 0.2) is 0 Å². The molecule has 3 heterocycles. The Hall–Kier alpha value is -2.64. The van der Waals surface area contributed by atoms with Gasteiger partial charge in [-0.2, -0.15) is 13.2 Å². The third-order valence-electron chi connectivity index (χ3n) is 4.67. The summed E-state index contributed by atoms with van der Waals surface area (Å²) in [5.41, 5.74) is 0.175. The van der Waals surface area contributed by atoms with Crippen LogP contribution in [-0.2, 0) is 17.4 Å². The molecule has 2 aromatic heterocycles. The third kappa shape index (κ3) is 5.18. The lowest BCUT2D eigenvalue weighted by atomic mass is 9.96. The molecule has 0 radical (unpaired) electrons. The molecule has 0 bridgehead atoms. The van der Waals surface area contributed by atoms with Crippen LogP contribution in [0.3, 0.4) is 0 Å². The summed E-state index contributed by atoms with van der Waals surface area (Å²) in [6.07, 6.45) is 0.178. The minimum atomic E-state index is -4.38. The topological polar surface area (TPSA) is 58.1 Å². The van der Waals surface area contributed by atoms with Gasteiger partial charge in [0.25, 0.3) is 0 Å². The van der Waals surface area contributed by atoms with E-state index < -0.39 is 11.7 Å². The van der Waals surface area contributed by atoms with Gasteiger partial charge in [-0.25, -0.2) is 4.98 Å². The molecule has 2 aromatic rings. The largest absolute Gasteiger partial charge is 0.417 e. The molecular formula is C19H21F3N4O. The normalized spacial score (nSPS) is 15.6. The molecule has 1 amide bonds. The van der Waals surface area contributed by atoms with E-state index in [9.17, 15) is 18.0 Å². The Balaban J connectivity index is 1.45. The van der Waals surface area contributed by atoms with Gasteiger partial charge in [0.2, 0.25) is 5.91 Å². The van der Waals surface area contributed by atoms with E-state index in [0.29, 0.717) is 44.7 Å². The zero-order valence-corrected chi connectivity index (χ0v) is 14.7. The Morgan fingerprint density at radius 3 is 2.52 bits per heavy atom. The lowest BCUT2D eigenvalue weighted by molar-refractivity contribution is -0.137. The number of carbonyl (C=O) groups excluding carboxylic acids is 1. The quantitative estimate of drug-likeness (QED) is 0.869. The van der Waals surface area contributed by atoms with Crippen molar-refractivity contribution in [3.05, 3.63) is 54.0 Å². The molecule has 1 fully saturated rings. The van der Waals surface area contributed by atoms with Gasteiger partial charge in [0, 0.05) is 50.1 Å². The molecule has 0 aliphatic carbocycles. The second-order valence-corrected chi connectivity index (χ2v) is 6.53. The van der Waals surface area contributed by atoms with Gasteiger partial charge in [-0.1, -0.05) is 6.07 Å². The number of hydrogen-bond donors (Lipinski definition) is 1. The number of nitrogens with zero attached hydrogens (tertiary/aromatic N) is 3. The minimum absolute atomic E-state index is 0.0194. The number of halogens is 3. The van der Waals surface area contributed by atoms with Gasteiger partial charge in [-0.15, -0.1) is 0 Å². The molecule has 0 atom stereocenters. The number of anilines is 1. The van der Waals surface area contributed by atoms with Crippen LogP contribution in [0.2, 0.25) is 0 Å². The van der Waals surface area contributed by atoms with Crippen LogP contribution in [0, 0.1) is 5.92 Å². The maximum atomic E-state index is 12.6. The molecule has 144 valence electrons. The van der Waals surface area contributed by atoms with Gasteiger partial charge in [-0.3, -0.25) is 9.78 Å². The van der Waals surface area contributed by atoms with Crippen LogP contribution < -0.4 is 10.2 Å². The Bertz CT molecular complexity index is 742. The molecule has 8 heteroatoms. The Morgan fingerprint density at radius 1 is 1.15 bits per heavy atom. The van der Waals surface area contributed by atoms with E-state index in [2.05, 4.69) is 15.3 Å². The Morgan fingerprint density at radius 2 is 1.93 bits per heavy atom. The fraction of sp³-hybridized carbons (Fsp3) is 0.421. The molecule has 0 unspecified atom stereocenters. The fourth-order valence-corrected chi connectivity index (χ4v) is 3.12. The van der Waals surface area contributed by atoms with Crippen LogP contribution in [0.15, 0.2) is 42.7 Å². The number of piperidine rings is 1. The highest BCUT2D eigenvalue weighted by Gasteiger charge is 2.31. The van der Waals surface area contributed by atoms with Crippen molar-refractivity contribution < 1.29 is 18.0 Å². The molecule has 27 heavy (non-hydrogen) atoms. The predicted octanol–water partition coefficient (Wildman–Crippen LogP) is 3.07. The molecule has 1 aliphatic rings. The first kappa shape index (κ1) is 19.1. The summed E-state index contributed by atoms with van der Waals surface area (Å²) in [7, 11) is 0. The van der Waals surface area contributed by atoms with E-state index in [1.165, 1.54) is 6.07 Å². The fourth-order valence-electron chi connectivity index (χ4n) is 3.12. The highest BCUT2D eigenvalue weighted by Crippen LogP contribution is 2.30. The first-order valence-electron chi connectivity index (χ1n) is 8.89. The van der Waals surface area contributed by atoms with Crippen molar-refractivity contribution in [2.75, 3.05) is 24.5 Å². The monoisotopic (exact) mass is 378 g/mol. The van der Waals surface area contributed by atoms with E-state index in [-0.39, 0.29) is 11.8 Å². The molecule has 0 aromatic carbocycles. The van der Waals surface area contributed by atoms with Crippen LogP contribution in [0.5, 0.6) is 0 Å². The number of pyridine rings is 2. The second-order valence-electron chi connectivity index (χ2n) is 6.53. The van der Waals surface area contributed by atoms with Gasteiger partial charge >= 0.3 is 6.18 Å². The number of hydrogen-bond acceptors (Lipinski definition) is 4. The molecule has 1 saturated heterocycles. The van der Waals surface area contributed by atoms with Crippen molar-refractivity contribution in [3.63, 3.8) is 0 Å². The highest BCUT2D eigenvalue weighted by atomic mass is 19.4. The number of nitrogens with one attached hydrogen (secondary N) is 1. The first-order chi connectivity index (χ1) is 12.9. The van der Waals surface area contributed by atoms with Crippen LogP contribution in [-0.4, -0.2) is 35.5 Å². The minimum Gasteiger partial charge on any atom is -0.357 e. The van der Waals surface area contributed by atoms with E-state index in [4.69, 9.17) is 0 Å². The van der Waals surface area contributed by atoms with E-state index in [0.717, 1.165) is 18.0 Å². The summed E-state index contributed by atoms with van der Waals surface area (Å²) in [5.74, 6) is 0.447. The maximum absolute atomic E-state index is 12.6. The van der Waals surface area contributed by atoms with Crippen LogP contribution in [0.1, 0.15) is 24.1 Å². The maximum Gasteiger partial charge on any atom is 0.417 e. The zero-order valence-electron chi connectivity index (χ0n) is 14.7. The first-order valence-corrected chi connectivity index (χ1v) is 8.89. The van der Waals surface area contributed by atoms with E-state index in [1.807, 2.05) is 23.1 Å². The summed E-state index contributed by atoms with van der Waals surface area (Å²) < 4.78 is 37.8. The van der Waals surface area contributed by atoms with Crippen LogP contribution in [0.25, 0.3) is 0 Å². The molecule has 5 nitrogen and oxygen atoms in total. The lowest BCUT2D eigenvalue weighted by Crippen LogP contribution is -2.41. The average Bonchev–Trinajstić information content (AvgIpc) is 2.68. The van der Waals surface area contributed by atoms with Crippen molar-refractivity contribution in [1.82, 2.24) is 15.3 Å². The van der Waals surface area contributed by atoms with Gasteiger partial charge < -0.3 is 10.2 Å². The number of aromatic nitrogens is 2. The molecular weight excluding hydrogens is 357 g/mol. The summed E-state index contributed by atoms with van der Waals surface area (Å²) >= 11 is 0. The number of rotatable bonds is 5. The smallest absolute Gasteiger partial charge is 0.357 e. The van der Waals surface area contributed by atoms with E-state index >= 15 is 0 Å². The second kappa shape index (κ2) is 8.37. The molecule has 3 rings (SSSR count). The zero-order chi connectivity index (χ0) is 19.3. The van der Waals surface area contributed by atoms with Crippen LogP contribution in [0.4, 0.5) is 19.0 Å². The number of alkyl halides is 3. The average molecular weight is 378 g/mol. The number of amides is 1. The van der Waals surface area contributed by atoms with Crippen molar-refractivity contribution in [1.29, 1.82) is 0 Å². The SMILES string of the molecule is O=C(NCCc1ccccn1)C1CCN(c2ccc(C(F)(F)F)cn2)CC1. The summed E-state index contributed by atoms with van der Waals surface area (Å²) in [4.78, 5) is 22.3. The molecule has 1 N–H and O–H groups in total. The van der Waals surface area contributed by atoms with Crippen molar-refractivity contribution in [2.45, 2.75) is 25.4 Å². The van der Waals surface area contributed by atoms with Crippen LogP contribution >= 0.6 is 0 Å². The standard InChI is InChI=1S/C19H21F3N4O/c20-19(21,22)15-4-5-17(25-13-15)26-11-7-14(8-12-26)18(27)24-10-6-16-3-1-2-9-23-16/h1-5,9,13-14H,6-8,10-12H2,(H,24,27). The van der Waals surface area contributed by atoms with Crippen molar-refractivity contribution >= 4 is 11.7 Å². The lowest BCUT2D eigenvalue weighted by Gasteiger charge is -2.32. The number of carbonyl (C=O) groups is 1. The van der Waals surface area contributed by atoms with Gasteiger partial charge in [0.1, 0.15) is 5.82 Å². The predicted molar refractivity (Wildman–Crippen MR) is 95.1 cm³/mol. The Labute approximate surface area is 155 Å². The van der Waals surface area contributed by atoms with Crippen molar-refractivity contribution in [3.8, 4) is 0 Å². The Kier molecular flexibility index (Phi) is 5.93. The molecule has 0 saturated carbocycles. The van der Waals surface area contributed by atoms with Gasteiger partial charge in [0.05, 0.1) is 5.56 Å². The summed E-state index contributed by atoms with van der Waals surface area (Å²) in [6.45, 7) is 1.73. The molecule has 0 spiro atoms.